The molecule has 5 aromatic carbocycles. The fraction of sp³-hybridized carbons (Fsp3) is 0.360. The molecule has 0 spiro atoms. The molecule has 7 aromatic rings. The number of likely N-dealkylation sites (tertiary alicyclic amines) is 2. The van der Waals surface area contributed by atoms with Crippen LogP contribution in [0.5, 0.6) is 0 Å². The zero-order valence-corrected chi connectivity index (χ0v) is 36.0. The number of imidazole rings is 2. The number of rotatable bonds is 10. The van der Waals surface area contributed by atoms with Crippen LogP contribution in [-0.4, -0.2) is 79.3 Å². The molecule has 1 aliphatic carbocycles. The Bertz CT molecular complexity index is 2920. The van der Waals surface area contributed by atoms with Crippen LogP contribution in [0.15, 0.2) is 91.0 Å². The molecule has 3 aliphatic rings. The van der Waals surface area contributed by atoms with Crippen molar-refractivity contribution in [2.75, 3.05) is 13.7 Å². The van der Waals surface area contributed by atoms with E-state index < -0.39 is 18.2 Å². The topological polar surface area (TPSA) is 165 Å². The molecule has 4 N–H and O–H groups in total. The minimum absolute atomic E-state index is 0.0856. The Morgan fingerprint density at radius 2 is 1.43 bits per heavy atom. The van der Waals surface area contributed by atoms with E-state index in [2.05, 4.69) is 81.3 Å². The summed E-state index contributed by atoms with van der Waals surface area (Å²) in [4.78, 5) is 74.4. The van der Waals surface area contributed by atoms with Crippen LogP contribution in [0.1, 0.15) is 94.6 Å². The number of aromatic amines is 2. The number of nitrogens with one attached hydrogen (secondary N) is 4. The normalized spacial score (nSPS) is 20.6. The summed E-state index contributed by atoms with van der Waals surface area (Å²) < 4.78 is 4.80. The van der Waals surface area contributed by atoms with Crippen molar-refractivity contribution in [1.82, 2.24) is 40.4 Å². The molecule has 3 fully saturated rings. The zero-order valence-electron chi connectivity index (χ0n) is 36.0. The van der Waals surface area contributed by atoms with Gasteiger partial charge in [-0.2, -0.15) is 0 Å². The number of carbonyl (C=O) groups is 4. The lowest BCUT2D eigenvalue weighted by Crippen LogP contribution is -2.51. The van der Waals surface area contributed by atoms with Crippen LogP contribution in [0.2, 0.25) is 0 Å². The summed E-state index contributed by atoms with van der Waals surface area (Å²) in [6.07, 6.45) is 4.21. The Morgan fingerprint density at radius 1 is 0.778 bits per heavy atom. The highest BCUT2D eigenvalue weighted by molar-refractivity contribution is 6.07. The van der Waals surface area contributed by atoms with E-state index in [1.165, 1.54) is 7.11 Å². The van der Waals surface area contributed by atoms with Gasteiger partial charge < -0.3 is 35.1 Å². The number of aromatic nitrogens is 4. The predicted molar refractivity (Wildman–Crippen MR) is 242 cm³/mol. The molecular formula is C50H52N8O5. The molecule has 2 aromatic heterocycles. The van der Waals surface area contributed by atoms with Crippen molar-refractivity contribution in [3.8, 4) is 11.1 Å². The van der Waals surface area contributed by atoms with Crippen molar-refractivity contribution in [3.63, 3.8) is 0 Å². The molecule has 2 bridgehead atoms. The lowest BCUT2D eigenvalue weighted by molar-refractivity contribution is -0.140. The number of piperidine rings is 1. The van der Waals surface area contributed by atoms with Gasteiger partial charge in [0, 0.05) is 29.8 Å². The number of fused-ring (bicyclic) bond motifs is 8. The van der Waals surface area contributed by atoms with Crippen LogP contribution in [0.25, 0.3) is 54.7 Å². The van der Waals surface area contributed by atoms with Gasteiger partial charge in [0.2, 0.25) is 11.8 Å². The first-order valence-electron chi connectivity index (χ1n) is 22.3. The number of hydrogen-bond acceptors (Lipinski definition) is 7. The molecule has 2 unspecified atom stereocenters. The summed E-state index contributed by atoms with van der Waals surface area (Å²) in [5, 5.41) is 9.91. The number of amides is 4. The Hall–Kier alpha value is -6.76. The molecule has 0 radical (unpaired) electrons. The maximum atomic E-state index is 14.5. The molecule has 6 atom stereocenters. The highest BCUT2D eigenvalue weighted by Crippen LogP contribution is 2.51. The molecule has 13 nitrogen and oxygen atoms in total. The number of nitrogens with zero attached hydrogens (tertiary/aromatic N) is 4. The fourth-order valence-electron chi connectivity index (χ4n) is 10.5. The molecule has 322 valence electrons. The van der Waals surface area contributed by atoms with Crippen molar-refractivity contribution in [3.05, 3.63) is 108 Å². The summed E-state index contributed by atoms with van der Waals surface area (Å²) in [5.74, 6) is 1.33. The van der Waals surface area contributed by atoms with Crippen LogP contribution >= 0.6 is 0 Å². The van der Waals surface area contributed by atoms with Crippen LogP contribution in [0.3, 0.4) is 0 Å². The Labute approximate surface area is 365 Å². The number of alkyl carbamates (subject to hydrolysis) is 1. The molecule has 13 heteroatoms. The molecule has 2 saturated heterocycles. The monoisotopic (exact) mass is 844 g/mol. The van der Waals surface area contributed by atoms with Gasteiger partial charge in [0.05, 0.1) is 41.3 Å². The van der Waals surface area contributed by atoms with Crippen molar-refractivity contribution in [1.29, 1.82) is 0 Å². The van der Waals surface area contributed by atoms with Gasteiger partial charge in [-0.3, -0.25) is 14.4 Å². The minimum atomic E-state index is -0.760. The quantitative estimate of drug-likeness (QED) is 0.107. The smallest absolute Gasteiger partial charge is 0.407 e. The van der Waals surface area contributed by atoms with E-state index >= 15 is 0 Å². The van der Waals surface area contributed by atoms with Gasteiger partial charge >= 0.3 is 6.09 Å². The Balaban J connectivity index is 0.925. The highest BCUT2D eigenvalue weighted by Gasteiger charge is 2.51. The second-order valence-corrected chi connectivity index (χ2v) is 17.8. The summed E-state index contributed by atoms with van der Waals surface area (Å²) in [6, 6.07) is 29.0. The van der Waals surface area contributed by atoms with Gasteiger partial charge in [-0.1, -0.05) is 87.5 Å². The molecule has 2 aliphatic heterocycles. The lowest BCUT2D eigenvalue weighted by atomic mass is 9.96. The summed E-state index contributed by atoms with van der Waals surface area (Å²) in [5.41, 5.74) is 6.49. The van der Waals surface area contributed by atoms with Gasteiger partial charge in [-0.25, -0.2) is 14.8 Å². The number of ether oxygens (including phenoxy) is 1. The van der Waals surface area contributed by atoms with E-state index in [4.69, 9.17) is 14.7 Å². The summed E-state index contributed by atoms with van der Waals surface area (Å²) >= 11 is 0. The van der Waals surface area contributed by atoms with Crippen LogP contribution in [0.4, 0.5) is 4.79 Å². The second kappa shape index (κ2) is 16.2. The van der Waals surface area contributed by atoms with E-state index in [0.717, 1.165) is 104 Å². The molecule has 4 amide bonds. The molecule has 63 heavy (non-hydrogen) atoms. The molecular weight excluding hydrogens is 793 g/mol. The van der Waals surface area contributed by atoms with Crippen LogP contribution in [-0.2, 0) is 19.1 Å². The Morgan fingerprint density at radius 3 is 2.06 bits per heavy atom. The van der Waals surface area contributed by atoms with Gasteiger partial charge in [0.15, 0.2) is 0 Å². The van der Waals surface area contributed by atoms with Gasteiger partial charge in [-0.05, 0) is 95.7 Å². The molecule has 1 saturated carbocycles. The van der Waals surface area contributed by atoms with Crippen LogP contribution < -0.4 is 10.6 Å². The average molecular weight is 845 g/mol. The Kier molecular flexibility index (Phi) is 10.4. The first-order chi connectivity index (χ1) is 30.6. The second-order valence-electron chi connectivity index (χ2n) is 17.8. The van der Waals surface area contributed by atoms with Crippen molar-refractivity contribution < 1.29 is 23.9 Å². The third kappa shape index (κ3) is 7.13. The third-order valence-electron chi connectivity index (χ3n) is 13.7. The third-order valence-corrected chi connectivity index (χ3v) is 13.7. The van der Waals surface area contributed by atoms with Gasteiger partial charge in [0.25, 0.3) is 5.91 Å². The van der Waals surface area contributed by atoms with E-state index in [1.807, 2.05) is 54.0 Å². The van der Waals surface area contributed by atoms with Crippen LogP contribution in [0, 0.1) is 11.8 Å². The largest absolute Gasteiger partial charge is 0.453 e. The number of hydrogen-bond donors (Lipinski definition) is 4. The van der Waals surface area contributed by atoms with E-state index in [-0.39, 0.29) is 41.8 Å². The number of benzene rings is 5. The summed E-state index contributed by atoms with van der Waals surface area (Å²) in [6.45, 7) is 6.22. The predicted octanol–water partition coefficient (Wildman–Crippen LogP) is 8.78. The van der Waals surface area contributed by atoms with Crippen molar-refractivity contribution in [2.24, 2.45) is 11.8 Å². The maximum Gasteiger partial charge on any atom is 0.407 e. The number of H-pyrrole nitrogens is 2. The van der Waals surface area contributed by atoms with E-state index in [0.29, 0.717) is 18.9 Å². The van der Waals surface area contributed by atoms with Crippen molar-refractivity contribution in [2.45, 2.75) is 89.5 Å². The maximum absolute atomic E-state index is 14.5. The first-order valence-corrected chi connectivity index (χ1v) is 22.3. The number of methoxy groups -OCH3 is 1. The van der Waals surface area contributed by atoms with E-state index in [9.17, 15) is 19.2 Å². The first kappa shape index (κ1) is 40.3. The standard InChI is InChI=1S/C50H52N8O5/c1-5-40(59)53-42(28-10-7-6-8-11-28)49(61)58-34-18-13-33(26-34)45(58)47-52-38-22-17-32-25-30(15-20-36(32)44(38)55-47)29-14-19-35-31(24-29)16-21-37-43(35)54-46(51-37)39-12-9-23-57(39)48(60)41(27(2)3)56-50(62)63-4/h6-8,10-11,14-17,19-22,24-25,27,33-34,39,41-42,45H,5,9,12-13,18,23,26H2,1-4H3,(H,51,54)(H,52,55)(H,53,59)(H,56,62)/t33?,34-,39+,41+,42-,45?/m1/s1. The molecule has 10 rings (SSSR count). The molecule has 4 heterocycles. The SMILES string of the molecule is CCC(=O)N[C@@H](C(=O)N1C(c2nc3c(ccc4cc(-c5ccc6c(ccc7[nH]c([C@@H]8CCCN8C(=O)[C@@H](NC(=O)OC)C(C)C)nc76)c5)ccc43)[nH]2)C2CC[C@@H]1C2)c1ccccc1. The van der Waals surface area contributed by atoms with Gasteiger partial charge in [0.1, 0.15) is 23.7 Å². The highest BCUT2D eigenvalue weighted by atomic mass is 16.5. The zero-order chi connectivity index (χ0) is 43.5. The van der Waals surface area contributed by atoms with Gasteiger partial charge in [-0.15, -0.1) is 0 Å². The minimum Gasteiger partial charge on any atom is -0.453 e. The lowest BCUT2D eigenvalue weighted by Gasteiger charge is -2.36. The summed E-state index contributed by atoms with van der Waals surface area (Å²) in [7, 11) is 1.30. The number of carbonyl (C=O) groups excluding carboxylic acids is 4. The fourth-order valence-corrected chi connectivity index (χ4v) is 10.5. The average Bonchev–Trinajstić information content (AvgIpc) is 4.17. The van der Waals surface area contributed by atoms with E-state index in [1.54, 1.807) is 6.92 Å². The van der Waals surface area contributed by atoms with Crippen molar-refractivity contribution >= 4 is 67.4 Å².